The Bertz CT molecular complexity index is 966. The molecule has 2 aromatic carbocycles. The van der Waals surface area contributed by atoms with E-state index in [1.807, 2.05) is 24.3 Å². The largest absolute Gasteiger partial charge is 0.494 e. The number of ether oxygens (including phenoxy) is 3. The Kier molecular flexibility index (Phi) is 9.38. The number of esters is 1. The Morgan fingerprint density at radius 1 is 0.938 bits per heavy atom. The molecule has 0 aliphatic rings. The Hall–Kier alpha value is -2.74. The molecule has 2 rings (SSSR count). The number of carbonyl (C=O) groups is 1. The topological polar surface area (TPSA) is 88.1 Å². The summed E-state index contributed by atoms with van der Waals surface area (Å²) in [4.78, 5) is 12.0. The Labute approximate surface area is 190 Å². The Morgan fingerprint density at radius 2 is 1.62 bits per heavy atom. The molecular weight excluding hydrogens is 432 g/mol. The van der Waals surface area contributed by atoms with E-state index in [1.165, 1.54) is 0 Å². The van der Waals surface area contributed by atoms with Crippen molar-refractivity contribution in [1.82, 2.24) is 0 Å². The predicted octanol–water partition coefficient (Wildman–Crippen LogP) is 4.54. The van der Waals surface area contributed by atoms with Crippen LogP contribution in [0.4, 0.5) is 0 Å². The molecule has 0 amide bonds. The third-order valence-corrected chi connectivity index (χ3v) is 4.98. The fraction of sp³-hybridized carbons (Fsp3) is 0.458. The van der Waals surface area contributed by atoms with Crippen LogP contribution >= 0.6 is 0 Å². The molecule has 0 spiro atoms. The summed E-state index contributed by atoms with van der Waals surface area (Å²) in [5.41, 5.74) is 0.103. The molecule has 2 aromatic rings. The lowest BCUT2D eigenvalue weighted by atomic mass is 10.1. The van der Waals surface area contributed by atoms with E-state index in [2.05, 4.69) is 0 Å². The zero-order valence-electron chi connectivity index (χ0n) is 19.1. The molecule has 0 atom stereocenters. The van der Waals surface area contributed by atoms with E-state index in [-0.39, 0.29) is 11.7 Å². The van der Waals surface area contributed by atoms with Crippen LogP contribution in [0.15, 0.2) is 48.5 Å². The number of hydrogen-bond acceptors (Lipinski definition) is 7. The van der Waals surface area contributed by atoms with Gasteiger partial charge in [-0.3, -0.25) is 0 Å². The quantitative estimate of drug-likeness (QED) is 0.244. The van der Waals surface area contributed by atoms with Gasteiger partial charge in [0.2, 0.25) is 0 Å². The van der Waals surface area contributed by atoms with Gasteiger partial charge in [-0.25, -0.2) is 4.79 Å². The van der Waals surface area contributed by atoms with Crippen molar-refractivity contribution in [1.29, 1.82) is 0 Å². The normalized spacial score (nSPS) is 11.6. The molecule has 0 unspecified atom stereocenters. The lowest BCUT2D eigenvalue weighted by Crippen LogP contribution is -2.39. The highest BCUT2D eigenvalue weighted by Crippen LogP contribution is 2.22. The van der Waals surface area contributed by atoms with E-state index in [0.29, 0.717) is 24.7 Å². The fourth-order valence-corrected chi connectivity index (χ4v) is 3.43. The van der Waals surface area contributed by atoms with Gasteiger partial charge in [0, 0.05) is 0 Å². The average Bonchev–Trinajstić information content (AvgIpc) is 2.71. The first-order valence-corrected chi connectivity index (χ1v) is 12.5. The fourth-order valence-electron chi connectivity index (χ4n) is 2.97. The van der Waals surface area contributed by atoms with Crippen LogP contribution in [0.25, 0.3) is 0 Å². The second-order valence-corrected chi connectivity index (χ2v) is 9.47. The van der Waals surface area contributed by atoms with Crippen LogP contribution in [0.5, 0.6) is 17.2 Å². The molecule has 8 heteroatoms. The lowest BCUT2D eigenvalue weighted by molar-refractivity contribution is -0.158. The molecule has 0 aliphatic carbocycles. The minimum absolute atomic E-state index is 0.261. The predicted molar refractivity (Wildman–Crippen MR) is 123 cm³/mol. The van der Waals surface area contributed by atoms with Crippen LogP contribution in [-0.2, 0) is 26.1 Å². The molecule has 0 aliphatic heterocycles. The SMILES string of the molecule is CCOC(=O)C(C)(C)Oc1cccc(CCCCCOc2ccc(OS(C)(=O)=O)cc2)c1. The van der Waals surface area contributed by atoms with Gasteiger partial charge in [0.05, 0.1) is 19.5 Å². The number of carbonyl (C=O) groups excluding carboxylic acids is 1. The van der Waals surface area contributed by atoms with Crippen molar-refractivity contribution < 1.29 is 31.6 Å². The number of rotatable bonds is 13. The average molecular weight is 465 g/mol. The highest BCUT2D eigenvalue weighted by Gasteiger charge is 2.31. The second kappa shape index (κ2) is 11.8. The first-order valence-electron chi connectivity index (χ1n) is 10.7. The number of aryl methyl sites for hydroxylation is 1. The summed E-state index contributed by atoms with van der Waals surface area (Å²) < 4.78 is 43.6. The van der Waals surface area contributed by atoms with Crippen molar-refractivity contribution in [3.8, 4) is 17.2 Å². The van der Waals surface area contributed by atoms with Crippen LogP contribution in [-0.4, -0.2) is 39.5 Å². The summed E-state index contributed by atoms with van der Waals surface area (Å²) in [6, 6.07) is 14.3. The number of hydrogen-bond donors (Lipinski definition) is 0. The highest BCUT2D eigenvalue weighted by atomic mass is 32.2. The maximum atomic E-state index is 12.0. The Morgan fingerprint density at radius 3 is 2.28 bits per heavy atom. The van der Waals surface area contributed by atoms with Gasteiger partial charge in [-0.05, 0) is 88.4 Å². The summed E-state index contributed by atoms with van der Waals surface area (Å²) >= 11 is 0. The van der Waals surface area contributed by atoms with Gasteiger partial charge in [-0.15, -0.1) is 0 Å². The van der Waals surface area contributed by atoms with Crippen molar-refractivity contribution in [2.24, 2.45) is 0 Å². The highest BCUT2D eigenvalue weighted by molar-refractivity contribution is 7.86. The molecule has 32 heavy (non-hydrogen) atoms. The monoisotopic (exact) mass is 464 g/mol. The zero-order chi connectivity index (χ0) is 23.6. The zero-order valence-corrected chi connectivity index (χ0v) is 19.9. The summed E-state index contributed by atoms with van der Waals surface area (Å²) in [5, 5.41) is 0. The summed E-state index contributed by atoms with van der Waals surface area (Å²) in [5.74, 6) is 1.19. The minimum Gasteiger partial charge on any atom is -0.494 e. The minimum atomic E-state index is -3.53. The van der Waals surface area contributed by atoms with Gasteiger partial charge in [-0.2, -0.15) is 8.42 Å². The van der Waals surface area contributed by atoms with Crippen molar-refractivity contribution in [2.45, 2.75) is 52.1 Å². The molecule has 0 saturated carbocycles. The molecule has 176 valence electrons. The van der Waals surface area contributed by atoms with E-state index >= 15 is 0 Å². The van der Waals surface area contributed by atoms with Crippen molar-refractivity contribution in [3.05, 3.63) is 54.1 Å². The van der Waals surface area contributed by atoms with Gasteiger partial charge in [-0.1, -0.05) is 12.1 Å². The first kappa shape index (κ1) is 25.5. The van der Waals surface area contributed by atoms with Crippen molar-refractivity contribution >= 4 is 16.1 Å². The van der Waals surface area contributed by atoms with Crippen LogP contribution in [0, 0.1) is 0 Å². The molecule has 0 saturated heterocycles. The maximum absolute atomic E-state index is 12.0. The molecule has 0 radical (unpaired) electrons. The lowest BCUT2D eigenvalue weighted by Gasteiger charge is -2.24. The standard InChI is InChI=1S/C24H32O7S/c1-5-28-23(25)24(2,3)30-22-12-9-11-19(18-22)10-7-6-8-17-29-20-13-15-21(16-14-20)31-32(4,26)27/h9,11-16,18H,5-8,10,17H2,1-4H3. The summed E-state index contributed by atoms with van der Waals surface area (Å²) in [7, 11) is -3.53. The van der Waals surface area contributed by atoms with Gasteiger partial charge in [0.25, 0.3) is 0 Å². The van der Waals surface area contributed by atoms with E-state index < -0.39 is 15.7 Å². The Balaban J connectivity index is 1.71. The third kappa shape index (κ3) is 9.18. The molecule has 0 bridgehead atoms. The molecule has 0 N–H and O–H groups in total. The van der Waals surface area contributed by atoms with E-state index in [4.69, 9.17) is 18.4 Å². The van der Waals surface area contributed by atoms with Gasteiger partial charge < -0.3 is 18.4 Å². The maximum Gasteiger partial charge on any atom is 0.349 e. The van der Waals surface area contributed by atoms with E-state index in [0.717, 1.165) is 37.5 Å². The third-order valence-electron chi connectivity index (χ3n) is 4.49. The number of benzene rings is 2. The summed E-state index contributed by atoms with van der Waals surface area (Å²) in [6.07, 6.45) is 4.79. The van der Waals surface area contributed by atoms with Crippen LogP contribution in [0.3, 0.4) is 0 Å². The van der Waals surface area contributed by atoms with Gasteiger partial charge >= 0.3 is 16.1 Å². The molecular formula is C24H32O7S. The summed E-state index contributed by atoms with van der Waals surface area (Å²) in [6.45, 7) is 6.06. The molecule has 0 fully saturated rings. The van der Waals surface area contributed by atoms with Crippen LogP contribution in [0.1, 0.15) is 45.6 Å². The van der Waals surface area contributed by atoms with Crippen LogP contribution < -0.4 is 13.7 Å². The van der Waals surface area contributed by atoms with E-state index in [1.54, 1.807) is 45.0 Å². The molecule has 0 heterocycles. The van der Waals surface area contributed by atoms with Gasteiger partial charge in [0.1, 0.15) is 17.2 Å². The second-order valence-electron chi connectivity index (χ2n) is 7.90. The molecule has 0 aromatic heterocycles. The molecule has 7 nitrogen and oxygen atoms in total. The van der Waals surface area contributed by atoms with Crippen LogP contribution in [0.2, 0.25) is 0 Å². The van der Waals surface area contributed by atoms with Crippen molar-refractivity contribution in [2.75, 3.05) is 19.5 Å². The first-order chi connectivity index (χ1) is 15.1. The van der Waals surface area contributed by atoms with Crippen molar-refractivity contribution in [3.63, 3.8) is 0 Å². The number of unbranched alkanes of at least 4 members (excludes halogenated alkanes) is 2. The van der Waals surface area contributed by atoms with E-state index in [9.17, 15) is 13.2 Å². The smallest absolute Gasteiger partial charge is 0.349 e. The van der Waals surface area contributed by atoms with Gasteiger partial charge in [0.15, 0.2) is 5.60 Å².